The van der Waals surface area contributed by atoms with E-state index in [2.05, 4.69) is 36.2 Å². The van der Waals surface area contributed by atoms with E-state index >= 15 is 4.39 Å². The minimum Gasteiger partial charge on any atom is -0.490 e. The molecule has 1 unspecified atom stereocenters. The number of carboxylic acid groups (broad SMARTS) is 1. The number of benzene rings is 1. The van der Waals surface area contributed by atoms with Gasteiger partial charge in [-0.15, -0.1) is 0 Å². The zero-order valence-electron chi connectivity index (χ0n) is 24.6. The van der Waals surface area contributed by atoms with Gasteiger partial charge in [0, 0.05) is 35.0 Å². The van der Waals surface area contributed by atoms with Crippen LogP contribution in [0.3, 0.4) is 0 Å². The van der Waals surface area contributed by atoms with Gasteiger partial charge in [0.25, 0.3) is 5.91 Å². The first-order valence-corrected chi connectivity index (χ1v) is 13.6. The van der Waals surface area contributed by atoms with E-state index in [9.17, 15) is 14.7 Å². The molecule has 10 heteroatoms. The highest BCUT2D eigenvalue weighted by molar-refractivity contribution is 5.93. The fourth-order valence-electron chi connectivity index (χ4n) is 4.95. The summed E-state index contributed by atoms with van der Waals surface area (Å²) in [5, 5.41) is 17.8. The Labute approximate surface area is 234 Å². The van der Waals surface area contributed by atoms with Crippen molar-refractivity contribution in [3.8, 4) is 17.0 Å². The number of hydrogen-bond donors (Lipinski definition) is 2. The van der Waals surface area contributed by atoms with Gasteiger partial charge in [-0.3, -0.25) is 4.79 Å². The molecule has 1 aliphatic rings. The molecule has 0 bridgehead atoms. The molecule has 3 heterocycles. The Morgan fingerprint density at radius 1 is 1.20 bits per heavy atom. The number of carbonyl (C=O) groups excluding carboxylic acids is 1. The molecule has 0 fully saturated rings. The smallest absolute Gasteiger partial charge is 0.337 e. The van der Waals surface area contributed by atoms with Gasteiger partial charge in [0.15, 0.2) is 29.0 Å². The summed E-state index contributed by atoms with van der Waals surface area (Å²) in [6.07, 6.45) is 0.712. The number of carbonyl (C=O) groups is 2. The third kappa shape index (κ3) is 6.11. The second-order valence-electron chi connectivity index (χ2n) is 12.6. The van der Waals surface area contributed by atoms with Gasteiger partial charge in [0.1, 0.15) is 0 Å². The number of carboxylic acids is 1. The number of hydrogen-bond acceptors (Lipinski definition) is 6. The van der Waals surface area contributed by atoms with E-state index in [1.54, 1.807) is 33.8 Å². The van der Waals surface area contributed by atoms with Crippen LogP contribution in [0.2, 0.25) is 0 Å². The van der Waals surface area contributed by atoms with Crippen LogP contribution in [-0.2, 0) is 16.0 Å². The van der Waals surface area contributed by atoms with E-state index < -0.39 is 23.5 Å². The molecule has 0 spiro atoms. The fourth-order valence-corrected chi connectivity index (χ4v) is 4.95. The lowest BCUT2D eigenvalue weighted by Crippen LogP contribution is -2.29. The zero-order chi connectivity index (χ0) is 29.6. The highest BCUT2D eigenvalue weighted by Crippen LogP contribution is 2.41. The molecule has 0 aliphatic carbocycles. The van der Waals surface area contributed by atoms with Crippen LogP contribution in [0, 0.1) is 25.1 Å². The number of halogens is 1. The lowest BCUT2D eigenvalue weighted by molar-refractivity contribution is -0.160. The second-order valence-corrected chi connectivity index (χ2v) is 12.6. The molecule has 4 rings (SSSR count). The summed E-state index contributed by atoms with van der Waals surface area (Å²) < 4.78 is 28.5. The number of ether oxygens (including phenoxy) is 2. The second kappa shape index (κ2) is 10.8. The van der Waals surface area contributed by atoms with Crippen LogP contribution < -0.4 is 10.1 Å². The number of rotatable bonds is 7. The Morgan fingerprint density at radius 3 is 2.52 bits per heavy atom. The van der Waals surface area contributed by atoms with E-state index in [1.807, 2.05) is 6.92 Å². The number of nitrogens with one attached hydrogen (secondary N) is 1. The number of fused-ring (bicyclic) bond motifs is 2. The molecule has 1 aliphatic heterocycles. The minimum atomic E-state index is -1.42. The first-order valence-electron chi connectivity index (χ1n) is 13.6. The summed E-state index contributed by atoms with van der Waals surface area (Å²) in [6.45, 7) is 16.0. The zero-order valence-corrected chi connectivity index (χ0v) is 24.6. The summed E-state index contributed by atoms with van der Waals surface area (Å²) in [7, 11) is 0. The first kappa shape index (κ1) is 29.5. The van der Waals surface area contributed by atoms with Crippen LogP contribution in [0.5, 0.6) is 5.75 Å². The van der Waals surface area contributed by atoms with Crippen LogP contribution in [0.4, 0.5) is 4.39 Å². The van der Waals surface area contributed by atoms with Crippen molar-refractivity contribution in [1.29, 1.82) is 0 Å². The van der Waals surface area contributed by atoms with Gasteiger partial charge in [-0.1, -0.05) is 20.8 Å². The SMILES string of the molecule is Cc1nc2cc(C(=O)NCCC(C)(C)C)nn2c(-c2cc(F)c3c(c2C)CCCO3)c1C(OC(C)(C)C)C(=O)O. The fraction of sp³-hybridized carbons (Fsp3) is 0.533. The number of aliphatic carboxylic acids is 1. The Hall–Kier alpha value is -3.53. The van der Waals surface area contributed by atoms with Gasteiger partial charge in [0.05, 0.1) is 17.9 Å². The van der Waals surface area contributed by atoms with Crippen molar-refractivity contribution >= 4 is 17.5 Å². The molecule has 1 aromatic carbocycles. The molecule has 0 saturated carbocycles. The Balaban J connectivity index is 1.97. The molecule has 2 aromatic heterocycles. The van der Waals surface area contributed by atoms with Crippen molar-refractivity contribution in [3.05, 3.63) is 46.0 Å². The van der Waals surface area contributed by atoms with Crippen LogP contribution in [-0.4, -0.2) is 50.3 Å². The minimum absolute atomic E-state index is 0.0452. The topological polar surface area (TPSA) is 115 Å². The highest BCUT2D eigenvalue weighted by Gasteiger charge is 2.35. The summed E-state index contributed by atoms with van der Waals surface area (Å²) >= 11 is 0. The number of amides is 1. The number of aryl methyl sites for hydroxylation is 1. The van der Waals surface area contributed by atoms with Gasteiger partial charge >= 0.3 is 5.97 Å². The van der Waals surface area contributed by atoms with Crippen molar-refractivity contribution in [2.75, 3.05) is 13.2 Å². The van der Waals surface area contributed by atoms with Crippen LogP contribution >= 0.6 is 0 Å². The predicted octanol–water partition coefficient (Wildman–Crippen LogP) is 5.58. The maximum atomic E-state index is 15.4. The summed E-state index contributed by atoms with van der Waals surface area (Å²) in [4.78, 5) is 30.3. The van der Waals surface area contributed by atoms with Gasteiger partial charge < -0.3 is 19.9 Å². The average molecular weight is 555 g/mol. The Morgan fingerprint density at radius 2 is 1.90 bits per heavy atom. The van der Waals surface area contributed by atoms with Gasteiger partial charge in [-0.25, -0.2) is 18.7 Å². The number of nitrogens with zero attached hydrogens (tertiary/aromatic N) is 3. The molecule has 0 radical (unpaired) electrons. The molecule has 2 N–H and O–H groups in total. The molecular weight excluding hydrogens is 515 g/mol. The lowest BCUT2D eigenvalue weighted by atomic mass is 9.91. The predicted molar refractivity (Wildman–Crippen MR) is 149 cm³/mol. The highest BCUT2D eigenvalue weighted by atomic mass is 19.1. The Bertz CT molecular complexity index is 1470. The molecule has 3 aromatic rings. The van der Waals surface area contributed by atoms with Crippen LogP contribution in [0.25, 0.3) is 16.9 Å². The molecule has 1 amide bonds. The molecular formula is C30H39FN4O5. The quantitative estimate of drug-likeness (QED) is 0.392. The summed E-state index contributed by atoms with van der Waals surface area (Å²) in [6, 6.07) is 2.90. The van der Waals surface area contributed by atoms with E-state index in [4.69, 9.17) is 9.47 Å². The number of aromatic nitrogens is 3. The van der Waals surface area contributed by atoms with Gasteiger partial charge in [-0.05, 0) is 70.9 Å². The van der Waals surface area contributed by atoms with Crippen molar-refractivity contribution < 1.29 is 28.6 Å². The summed E-state index contributed by atoms with van der Waals surface area (Å²) in [5.74, 6) is -1.91. The molecule has 40 heavy (non-hydrogen) atoms. The molecule has 216 valence electrons. The first-order chi connectivity index (χ1) is 18.6. The van der Waals surface area contributed by atoms with Crippen LogP contribution in [0.15, 0.2) is 12.1 Å². The van der Waals surface area contributed by atoms with Crippen LogP contribution in [0.1, 0.15) is 93.4 Å². The van der Waals surface area contributed by atoms with Gasteiger partial charge in [-0.2, -0.15) is 5.10 Å². The molecule has 1 atom stereocenters. The van der Waals surface area contributed by atoms with E-state index in [0.29, 0.717) is 42.2 Å². The maximum Gasteiger partial charge on any atom is 0.337 e. The lowest BCUT2D eigenvalue weighted by Gasteiger charge is -2.28. The van der Waals surface area contributed by atoms with Crippen molar-refractivity contribution in [2.24, 2.45) is 5.41 Å². The monoisotopic (exact) mass is 554 g/mol. The van der Waals surface area contributed by atoms with E-state index in [-0.39, 0.29) is 28.3 Å². The van der Waals surface area contributed by atoms with E-state index in [1.165, 1.54) is 10.6 Å². The molecule has 9 nitrogen and oxygen atoms in total. The molecule has 0 saturated heterocycles. The normalized spacial score (nSPS) is 14.5. The van der Waals surface area contributed by atoms with Gasteiger partial charge in [0.2, 0.25) is 0 Å². The standard InChI is InChI=1S/C30H39FN4O5/c1-16-18-10-9-13-39-25(18)20(31)14-19(16)24-23(26(28(37)38)40-30(6,7)8)17(2)33-22-15-21(34-35(22)24)27(36)32-12-11-29(3,4)5/h14-15,26H,9-13H2,1-8H3,(H,32,36)(H,37,38). The Kier molecular flexibility index (Phi) is 7.95. The average Bonchev–Trinajstić information content (AvgIpc) is 3.26. The van der Waals surface area contributed by atoms with Crippen molar-refractivity contribution in [2.45, 2.75) is 86.4 Å². The third-order valence-electron chi connectivity index (χ3n) is 6.87. The van der Waals surface area contributed by atoms with Crippen molar-refractivity contribution in [3.63, 3.8) is 0 Å². The maximum absolute atomic E-state index is 15.4. The van der Waals surface area contributed by atoms with E-state index in [0.717, 1.165) is 24.0 Å². The third-order valence-corrected chi connectivity index (χ3v) is 6.87. The largest absolute Gasteiger partial charge is 0.490 e. The van der Waals surface area contributed by atoms with Crippen molar-refractivity contribution in [1.82, 2.24) is 19.9 Å². The summed E-state index contributed by atoms with van der Waals surface area (Å²) in [5.41, 5.74) is 2.56.